The smallest absolute Gasteiger partial charge is 0.242 e. The largest absolute Gasteiger partial charge is 0.278 e. The average Bonchev–Trinajstić information content (AvgIpc) is 3.82. The molecule has 0 aliphatic carbocycles. The topological polar surface area (TPSA) is 77.5 Å². The minimum atomic E-state index is 0.367. The predicted octanol–water partition coefficient (Wildman–Crippen LogP) is 10.7. The molecule has 0 amide bonds. The second-order valence-corrected chi connectivity index (χ2v) is 12.9. The molecule has 0 fully saturated rings. The van der Waals surface area contributed by atoms with Crippen molar-refractivity contribution in [1.82, 2.24) is 34.1 Å². The van der Waals surface area contributed by atoms with E-state index in [9.17, 15) is 0 Å². The highest BCUT2D eigenvalue weighted by atomic mass is 15.4. The van der Waals surface area contributed by atoms with Crippen LogP contribution in [-0.4, -0.2) is 34.1 Å². The average molecular weight is 699 g/mol. The van der Waals surface area contributed by atoms with Gasteiger partial charge in [-0.1, -0.05) is 147 Å². The maximum atomic E-state index is 5.33. The number of rotatable bonds is 9. The van der Waals surface area contributed by atoms with E-state index in [4.69, 9.17) is 24.9 Å². The van der Waals surface area contributed by atoms with Crippen LogP contribution in [0.1, 0.15) is 18.1 Å². The fraction of sp³-hybridized carbons (Fsp3) is 0.0217. The van der Waals surface area contributed by atoms with Gasteiger partial charge in [0.15, 0.2) is 0 Å². The van der Waals surface area contributed by atoms with Crippen LogP contribution in [0.2, 0.25) is 0 Å². The highest BCUT2D eigenvalue weighted by Crippen LogP contribution is 2.38. The molecule has 9 rings (SSSR count). The van der Waals surface area contributed by atoms with Crippen molar-refractivity contribution < 1.29 is 0 Å². The predicted molar refractivity (Wildman–Crippen MR) is 219 cm³/mol. The third-order valence-corrected chi connectivity index (χ3v) is 9.37. The van der Waals surface area contributed by atoms with Crippen molar-refractivity contribution in [2.24, 2.45) is 0 Å². The number of imidazole rings is 2. The van der Waals surface area contributed by atoms with Crippen molar-refractivity contribution in [3.63, 3.8) is 0 Å². The van der Waals surface area contributed by atoms with E-state index in [1.54, 1.807) is 0 Å². The second-order valence-electron chi connectivity index (χ2n) is 12.9. The van der Waals surface area contributed by atoms with Crippen LogP contribution in [0.3, 0.4) is 0 Å². The van der Waals surface area contributed by atoms with Gasteiger partial charge in [-0.05, 0) is 48.4 Å². The number of para-hydroxylation sites is 5. The number of allylic oxidation sites excluding steroid dienone is 1. The number of benzene rings is 6. The molecule has 8 nitrogen and oxygen atoms in total. The molecule has 0 unspecified atom stereocenters. The lowest BCUT2D eigenvalue weighted by Crippen LogP contribution is -2.22. The summed E-state index contributed by atoms with van der Waals surface area (Å²) in [5, 5.41) is 0. The zero-order chi connectivity index (χ0) is 36.6. The van der Waals surface area contributed by atoms with E-state index in [0.717, 1.165) is 55.6 Å². The van der Waals surface area contributed by atoms with E-state index in [2.05, 4.69) is 19.2 Å². The van der Waals surface area contributed by atoms with E-state index in [-0.39, 0.29) is 0 Å². The lowest BCUT2D eigenvalue weighted by Gasteiger charge is -2.28. The zero-order valence-electron chi connectivity index (χ0n) is 29.6. The Labute approximate surface area is 312 Å². The number of aromatic nitrogens is 7. The molecule has 6 aromatic carbocycles. The minimum Gasteiger partial charge on any atom is -0.278 e. The van der Waals surface area contributed by atoms with Gasteiger partial charge >= 0.3 is 0 Å². The van der Waals surface area contributed by atoms with Gasteiger partial charge in [0.2, 0.25) is 17.8 Å². The molecule has 0 saturated heterocycles. The van der Waals surface area contributed by atoms with Crippen LogP contribution >= 0.6 is 0 Å². The summed E-state index contributed by atoms with van der Waals surface area (Å²) < 4.78 is 4.02. The zero-order valence-corrected chi connectivity index (χ0v) is 29.6. The summed E-state index contributed by atoms with van der Waals surface area (Å²) >= 11 is 0. The lowest BCUT2D eigenvalue weighted by molar-refractivity contribution is 0.858. The number of nitrogens with zero attached hydrogens (tertiary/aromatic N) is 8. The first-order chi connectivity index (χ1) is 26.5. The Hall–Kier alpha value is -7.45. The fourth-order valence-electron chi connectivity index (χ4n) is 6.82. The standard InChI is InChI=1S/C46H34N8/c1-31(2)36-25-13-16-28-39(36)52(32(3)33-19-7-4-8-20-33)44-49-45(53-40-29-17-14-26-37(40)47-42(53)34-21-9-5-10-22-34)51-46(50-44)54-41-30-18-15-27-38(41)48-43(54)35-23-11-6-12-24-35/h4-30H,1,3H2,2H3. The van der Waals surface area contributed by atoms with E-state index >= 15 is 0 Å². The van der Waals surface area contributed by atoms with Crippen LogP contribution in [0, 0.1) is 0 Å². The van der Waals surface area contributed by atoms with Gasteiger partial charge in [0.05, 0.1) is 27.8 Å². The van der Waals surface area contributed by atoms with Gasteiger partial charge in [-0.3, -0.25) is 14.0 Å². The van der Waals surface area contributed by atoms with Crippen LogP contribution in [-0.2, 0) is 0 Å². The molecule has 3 heterocycles. The van der Waals surface area contributed by atoms with Gasteiger partial charge in [-0.2, -0.15) is 15.0 Å². The second kappa shape index (κ2) is 13.6. The maximum Gasteiger partial charge on any atom is 0.242 e. The quantitative estimate of drug-likeness (QED) is 0.149. The SMILES string of the molecule is C=C(C)c1ccccc1N(C(=C)c1ccccc1)c1nc(-n2c(-c3ccccc3)nc3ccccc32)nc(-n2c(-c3ccccc3)nc3ccccc32)n1. The number of fused-ring (bicyclic) bond motifs is 2. The minimum absolute atomic E-state index is 0.367. The van der Waals surface area contributed by atoms with Gasteiger partial charge < -0.3 is 0 Å². The molecule has 0 N–H and O–H groups in total. The Morgan fingerprint density at radius 2 is 0.926 bits per heavy atom. The summed E-state index contributed by atoms with van der Waals surface area (Å²) in [7, 11) is 0. The van der Waals surface area contributed by atoms with Gasteiger partial charge in [0.1, 0.15) is 11.6 Å². The summed E-state index contributed by atoms with van der Waals surface area (Å²) in [6, 6.07) is 54.5. The first-order valence-electron chi connectivity index (χ1n) is 17.7. The maximum absolute atomic E-state index is 5.33. The molecule has 0 aliphatic rings. The Balaban J connectivity index is 1.40. The number of hydrogen-bond acceptors (Lipinski definition) is 6. The van der Waals surface area contributed by atoms with Crippen molar-refractivity contribution in [2.45, 2.75) is 6.92 Å². The lowest BCUT2D eigenvalue weighted by atomic mass is 10.0. The molecule has 0 saturated carbocycles. The molecule has 0 spiro atoms. The van der Waals surface area contributed by atoms with E-state index in [1.165, 1.54) is 0 Å². The van der Waals surface area contributed by atoms with E-state index < -0.39 is 0 Å². The molecule has 0 aliphatic heterocycles. The summed E-state index contributed by atoms with van der Waals surface area (Å²) in [6.45, 7) is 11.0. The summed E-state index contributed by atoms with van der Waals surface area (Å²) in [4.78, 5) is 28.2. The Bertz CT molecular complexity index is 2680. The first-order valence-corrected chi connectivity index (χ1v) is 17.7. The highest BCUT2D eigenvalue weighted by molar-refractivity contribution is 5.90. The highest BCUT2D eigenvalue weighted by Gasteiger charge is 2.27. The normalized spacial score (nSPS) is 11.2. The van der Waals surface area contributed by atoms with Crippen LogP contribution in [0.4, 0.5) is 11.6 Å². The van der Waals surface area contributed by atoms with Gasteiger partial charge in [-0.15, -0.1) is 0 Å². The third kappa shape index (κ3) is 5.72. The van der Waals surface area contributed by atoms with Crippen molar-refractivity contribution in [2.75, 3.05) is 4.90 Å². The third-order valence-electron chi connectivity index (χ3n) is 9.37. The van der Waals surface area contributed by atoms with Crippen LogP contribution in [0.15, 0.2) is 177 Å². The Morgan fingerprint density at radius 1 is 0.481 bits per heavy atom. The van der Waals surface area contributed by atoms with E-state index in [0.29, 0.717) is 35.2 Å². The summed E-state index contributed by atoms with van der Waals surface area (Å²) in [5.41, 5.74) is 9.45. The molecule has 8 heteroatoms. The van der Waals surface area contributed by atoms with E-state index in [1.807, 2.05) is 179 Å². The monoisotopic (exact) mass is 698 g/mol. The van der Waals surface area contributed by atoms with Crippen LogP contribution in [0.25, 0.3) is 68.0 Å². The molecular formula is C46H34N8. The number of anilines is 2. The van der Waals surface area contributed by atoms with Gasteiger partial charge in [0.25, 0.3) is 0 Å². The Kier molecular flexibility index (Phi) is 8.17. The molecule has 0 bridgehead atoms. The molecule has 3 aromatic heterocycles. The van der Waals surface area contributed by atoms with Gasteiger partial charge in [-0.25, -0.2) is 9.97 Å². The van der Waals surface area contributed by atoms with Crippen molar-refractivity contribution in [1.29, 1.82) is 0 Å². The van der Waals surface area contributed by atoms with Crippen LogP contribution in [0.5, 0.6) is 0 Å². The molecule has 258 valence electrons. The van der Waals surface area contributed by atoms with Crippen LogP contribution < -0.4 is 4.90 Å². The molecule has 0 radical (unpaired) electrons. The van der Waals surface area contributed by atoms with Crippen molar-refractivity contribution >= 4 is 45.0 Å². The van der Waals surface area contributed by atoms with Crippen molar-refractivity contribution in [3.8, 4) is 34.7 Å². The summed E-state index contributed by atoms with van der Waals surface area (Å²) in [5.74, 6) is 2.55. The fourth-order valence-corrected chi connectivity index (χ4v) is 6.82. The van der Waals surface area contributed by atoms with Gasteiger partial charge in [0, 0.05) is 22.4 Å². The molecule has 9 aromatic rings. The van der Waals surface area contributed by atoms with Crippen molar-refractivity contribution in [3.05, 3.63) is 188 Å². The Morgan fingerprint density at radius 3 is 1.44 bits per heavy atom. The molecule has 54 heavy (non-hydrogen) atoms. The molecular weight excluding hydrogens is 665 g/mol. The number of hydrogen-bond donors (Lipinski definition) is 0. The summed E-state index contributed by atoms with van der Waals surface area (Å²) in [6.07, 6.45) is 0. The first kappa shape index (κ1) is 32.5. The molecule has 0 atom stereocenters.